The molecule has 1 aromatic rings. The van der Waals surface area contributed by atoms with Crippen LogP contribution >= 0.6 is 0 Å². The Hall–Kier alpha value is -2.55. The summed E-state index contributed by atoms with van der Waals surface area (Å²) in [4.78, 5) is 25.4. The molecule has 1 aliphatic rings. The average Bonchev–Trinajstić information content (AvgIpc) is 2.73. The zero-order valence-corrected chi connectivity index (χ0v) is 12.2. The van der Waals surface area contributed by atoms with Crippen molar-refractivity contribution in [3.63, 3.8) is 0 Å². The summed E-state index contributed by atoms with van der Waals surface area (Å²) < 4.78 is 5.21. The zero-order chi connectivity index (χ0) is 15.6. The van der Waals surface area contributed by atoms with Gasteiger partial charge < -0.3 is 10.1 Å². The monoisotopic (exact) mass is 287 g/mol. The second-order valence-corrected chi connectivity index (χ2v) is 5.09. The van der Waals surface area contributed by atoms with Crippen molar-refractivity contribution in [2.24, 2.45) is 0 Å². The highest BCUT2D eigenvalue weighted by atomic mass is 16.5. The fraction of sp³-hybridized carbons (Fsp3) is 0.400. The molecule has 1 atom stereocenters. The maximum atomic E-state index is 12.3. The number of amides is 2. The van der Waals surface area contributed by atoms with Gasteiger partial charge in [0, 0.05) is 6.04 Å². The summed E-state index contributed by atoms with van der Waals surface area (Å²) in [5.74, 6) is -0.0111. The zero-order valence-electron chi connectivity index (χ0n) is 12.2. The van der Waals surface area contributed by atoms with Crippen LogP contribution in [0.15, 0.2) is 18.2 Å². The summed E-state index contributed by atoms with van der Waals surface area (Å²) in [5, 5.41) is 12.1. The topological polar surface area (TPSA) is 82.4 Å². The van der Waals surface area contributed by atoms with Crippen LogP contribution in [-0.4, -0.2) is 35.9 Å². The number of ether oxygens (including phenoxy) is 1. The Morgan fingerprint density at radius 3 is 2.67 bits per heavy atom. The third kappa shape index (κ3) is 2.68. The van der Waals surface area contributed by atoms with E-state index in [0.717, 1.165) is 0 Å². The van der Waals surface area contributed by atoms with E-state index in [-0.39, 0.29) is 24.3 Å². The van der Waals surface area contributed by atoms with Gasteiger partial charge in [0.1, 0.15) is 17.9 Å². The lowest BCUT2D eigenvalue weighted by molar-refractivity contribution is -0.140. The molecule has 1 aliphatic heterocycles. The highest BCUT2D eigenvalue weighted by molar-refractivity contribution is 6.07. The van der Waals surface area contributed by atoms with Crippen molar-refractivity contribution in [1.29, 1.82) is 5.26 Å². The Bertz CT molecular complexity index is 619. The van der Waals surface area contributed by atoms with Crippen LogP contribution in [0.1, 0.15) is 25.8 Å². The maximum absolute atomic E-state index is 12.3. The number of anilines is 1. The van der Waals surface area contributed by atoms with Crippen molar-refractivity contribution in [3.8, 4) is 11.8 Å². The molecule has 0 radical (unpaired) electrons. The Balaban J connectivity index is 2.30. The summed E-state index contributed by atoms with van der Waals surface area (Å²) in [6.45, 7) is 3.59. The molecule has 1 N–H and O–H groups in total. The minimum Gasteiger partial charge on any atom is -0.495 e. The lowest BCUT2D eigenvalue weighted by atomic mass is 10.1. The molecule has 1 aromatic carbocycles. The number of hydrogen-bond acceptors (Lipinski definition) is 5. The SMILES string of the molecule is COc1cccc(C#N)c1NC1CC(=O)N(C(C)C)C1=O. The second-order valence-electron chi connectivity index (χ2n) is 5.09. The lowest BCUT2D eigenvalue weighted by Gasteiger charge is -2.20. The van der Waals surface area contributed by atoms with Gasteiger partial charge in [0.05, 0.1) is 24.8 Å². The van der Waals surface area contributed by atoms with Gasteiger partial charge in [-0.3, -0.25) is 14.5 Å². The maximum Gasteiger partial charge on any atom is 0.252 e. The molecule has 6 heteroatoms. The fourth-order valence-corrected chi connectivity index (χ4v) is 2.42. The summed E-state index contributed by atoms with van der Waals surface area (Å²) in [6.07, 6.45) is 0.0833. The van der Waals surface area contributed by atoms with Crippen molar-refractivity contribution in [2.75, 3.05) is 12.4 Å². The first kappa shape index (κ1) is 14.9. The Morgan fingerprint density at radius 2 is 2.14 bits per heavy atom. The Morgan fingerprint density at radius 1 is 1.43 bits per heavy atom. The number of rotatable bonds is 4. The smallest absolute Gasteiger partial charge is 0.252 e. The molecule has 21 heavy (non-hydrogen) atoms. The Kier molecular flexibility index (Phi) is 4.13. The minimum absolute atomic E-state index is 0.0833. The molecule has 2 amide bonds. The van der Waals surface area contributed by atoms with Gasteiger partial charge in [0.2, 0.25) is 5.91 Å². The minimum atomic E-state index is -0.664. The molecule has 0 spiro atoms. The standard InChI is InChI=1S/C15H17N3O3/c1-9(2)18-13(19)7-11(15(18)20)17-14-10(8-16)5-4-6-12(14)21-3/h4-6,9,11,17H,7H2,1-3H3. The van der Waals surface area contributed by atoms with Gasteiger partial charge in [-0.05, 0) is 26.0 Å². The predicted octanol–water partition coefficient (Wildman–Crippen LogP) is 1.51. The van der Waals surface area contributed by atoms with Crippen LogP contribution in [0.3, 0.4) is 0 Å². The number of imide groups is 1. The van der Waals surface area contributed by atoms with E-state index in [1.165, 1.54) is 12.0 Å². The van der Waals surface area contributed by atoms with E-state index in [1.54, 1.807) is 32.0 Å². The quantitative estimate of drug-likeness (QED) is 0.849. The largest absolute Gasteiger partial charge is 0.495 e. The number of carbonyl (C=O) groups is 2. The molecule has 1 unspecified atom stereocenters. The first-order chi connectivity index (χ1) is 9.99. The molecule has 1 heterocycles. The number of hydrogen-bond donors (Lipinski definition) is 1. The van der Waals surface area contributed by atoms with Gasteiger partial charge in [0.15, 0.2) is 0 Å². The lowest BCUT2D eigenvalue weighted by Crippen LogP contribution is -2.39. The molecule has 1 fully saturated rings. The van der Waals surface area contributed by atoms with E-state index in [1.807, 2.05) is 0 Å². The van der Waals surface area contributed by atoms with Crippen molar-refractivity contribution < 1.29 is 14.3 Å². The first-order valence-electron chi connectivity index (χ1n) is 6.69. The van der Waals surface area contributed by atoms with Crippen LogP contribution in [0.5, 0.6) is 5.75 Å². The highest BCUT2D eigenvalue weighted by Gasteiger charge is 2.40. The molecular weight excluding hydrogens is 270 g/mol. The van der Waals surface area contributed by atoms with Gasteiger partial charge in [-0.25, -0.2) is 0 Å². The summed E-state index contributed by atoms with van der Waals surface area (Å²) >= 11 is 0. The predicted molar refractivity (Wildman–Crippen MR) is 76.7 cm³/mol. The molecule has 0 aromatic heterocycles. The van der Waals surface area contributed by atoms with Crippen LogP contribution in [-0.2, 0) is 9.59 Å². The number of nitrogens with one attached hydrogen (secondary N) is 1. The molecule has 6 nitrogen and oxygen atoms in total. The van der Waals surface area contributed by atoms with Gasteiger partial charge >= 0.3 is 0 Å². The van der Waals surface area contributed by atoms with Gasteiger partial charge in [-0.1, -0.05) is 6.07 Å². The van der Waals surface area contributed by atoms with Gasteiger partial charge in [0.25, 0.3) is 5.91 Å². The molecule has 2 rings (SSSR count). The molecule has 110 valence electrons. The summed E-state index contributed by atoms with van der Waals surface area (Å²) in [6, 6.07) is 6.24. The fourth-order valence-electron chi connectivity index (χ4n) is 2.42. The molecule has 1 saturated heterocycles. The molecular formula is C15H17N3O3. The van der Waals surface area contributed by atoms with Crippen molar-refractivity contribution in [3.05, 3.63) is 23.8 Å². The second kappa shape index (κ2) is 5.83. The molecule has 0 saturated carbocycles. The highest BCUT2D eigenvalue weighted by Crippen LogP contribution is 2.30. The van der Waals surface area contributed by atoms with Crippen molar-refractivity contribution >= 4 is 17.5 Å². The number of nitrogens with zero attached hydrogens (tertiary/aromatic N) is 2. The van der Waals surface area contributed by atoms with Crippen molar-refractivity contribution in [1.82, 2.24) is 4.90 Å². The number of para-hydroxylation sites is 1. The van der Waals surface area contributed by atoms with E-state index in [9.17, 15) is 9.59 Å². The number of nitriles is 1. The van der Waals surface area contributed by atoms with E-state index < -0.39 is 6.04 Å². The normalized spacial score (nSPS) is 18.0. The Labute approximate surface area is 123 Å². The number of methoxy groups -OCH3 is 1. The number of likely N-dealkylation sites (tertiary alicyclic amines) is 1. The summed E-state index contributed by atoms with van der Waals surface area (Å²) in [5.41, 5.74) is 0.817. The van der Waals surface area contributed by atoms with Crippen LogP contribution in [0.4, 0.5) is 5.69 Å². The number of benzene rings is 1. The third-order valence-corrected chi connectivity index (χ3v) is 3.38. The van der Waals surface area contributed by atoms with E-state index in [4.69, 9.17) is 10.00 Å². The third-order valence-electron chi connectivity index (χ3n) is 3.38. The first-order valence-corrected chi connectivity index (χ1v) is 6.69. The van der Waals surface area contributed by atoms with Gasteiger partial charge in [-0.15, -0.1) is 0 Å². The van der Waals surface area contributed by atoms with Crippen LogP contribution in [0, 0.1) is 11.3 Å². The molecule has 0 aliphatic carbocycles. The van der Waals surface area contributed by atoms with Crippen LogP contribution in [0.25, 0.3) is 0 Å². The van der Waals surface area contributed by atoms with Crippen molar-refractivity contribution in [2.45, 2.75) is 32.4 Å². The van der Waals surface area contributed by atoms with Crippen LogP contribution in [0.2, 0.25) is 0 Å². The van der Waals surface area contributed by atoms with Crippen LogP contribution < -0.4 is 10.1 Å². The average molecular weight is 287 g/mol. The summed E-state index contributed by atoms with van der Waals surface area (Å²) in [7, 11) is 1.49. The van der Waals surface area contributed by atoms with E-state index in [2.05, 4.69) is 11.4 Å². The molecule has 0 bridgehead atoms. The van der Waals surface area contributed by atoms with E-state index >= 15 is 0 Å². The number of carbonyl (C=O) groups excluding carboxylic acids is 2. The van der Waals surface area contributed by atoms with E-state index in [0.29, 0.717) is 17.0 Å². The van der Waals surface area contributed by atoms with Gasteiger partial charge in [-0.2, -0.15) is 5.26 Å².